The Labute approximate surface area is 211 Å². The molecule has 2 aromatic carbocycles. The average molecular weight is 573 g/mol. The van der Waals surface area contributed by atoms with E-state index in [9.17, 15) is 4.79 Å². The van der Waals surface area contributed by atoms with Gasteiger partial charge in [0.2, 0.25) is 0 Å². The summed E-state index contributed by atoms with van der Waals surface area (Å²) in [4.78, 5) is 18.6. The van der Waals surface area contributed by atoms with E-state index >= 15 is 0 Å². The summed E-state index contributed by atoms with van der Waals surface area (Å²) in [6.07, 6.45) is 1.36. The van der Waals surface area contributed by atoms with Crippen LogP contribution in [0.25, 0.3) is 0 Å². The molecule has 0 aromatic heterocycles. The maximum absolute atomic E-state index is 12.3. The topological polar surface area (TPSA) is 75.2 Å². The smallest absolute Gasteiger partial charge is 0.253 e. The van der Waals surface area contributed by atoms with E-state index in [4.69, 9.17) is 21.1 Å². The minimum atomic E-state index is -0.343. The van der Waals surface area contributed by atoms with E-state index in [-0.39, 0.29) is 36.0 Å². The van der Waals surface area contributed by atoms with Crippen molar-refractivity contribution in [2.75, 3.05) is 39.2 Å². The molecule has 1 amide bonds. The van der Waals surface area contributed by atoms with E-state index in [1.165, 1.54) is 0 Å². The number of ether oxygens (including phenoxy) is 2. The Morgan fingerprint density at radius 1 is 1.28 bits per heavy atom. The van der Waals surface area contributed by atoms with Gasteiger partial charge in [0.1, 0.15) is 18.5 Å². The molecule has 2 N–H and O–H groups in total. The molecule has 0 saturated carbocycles. The number of hydrogen-bond acceptors (Lipinski definition) is 4. The van der Waals surface area contributed by atoms with Crippen LogP contribution in [0.3, 0.4) is 0 Å². The molecule has 7 nitrogen and oxygen atoms in total. The number of nitrogens with zero attached hydrogens (tertiary/aromatic N) is 2. The van der Waals surface area contributed by atoms with E-state index in [1.807, 2.05) is 48.3 Å². The molecule has 1 heterocycles. The van der Waals surface area contributed by atoms with Crippen molar-refractivity contribution in [3.05, 3.63) is 59.1 Å². The summed E-state index contributed by atoms with van der Waals surface area (Å²) in [5.74, 6) is 1.45. The van der Waals surface area contributed by atoms with E-state index in [0.29, 0.717) is 31.3 Å². The van der Waals surface area contributed by atoms with Gasteiger partial charge in [-0.3, -0.25) is 9.79 Å². The fourth-order valence-corrected chi connectivity index (χ4v) is 3.40. The number of nitrogens with one attached hydrogen (secondary N) is 2. The van der Waals surface area contributed by atoms with Crippen LogP contribution in [0.1, 0.15) is 18.4 Å². The van der Waals surface area contributed by atoms with Crippen LogP contribution in [0.4, 0.5) is 5.69 Å². The lowest BCUT2D eigenvalue weighted by molar-refractivity contribution is -0.124. The predicted molar refractivity (Wildman–Crippen MR) is 139 cm³/mol. The summed E-state index contributed by atoms with van der Waals surface area (Å²) in [7, 11) is 3.70. The Morgan fingerprint density at radius 2 is 2.06 bits per heavy atom. The summed E-state index contributed by atoms with van der Waals surface area (Å²) >= 11 is 5.89. The minimum Gasteiger partial charge on any atom is -0.492 e. The number of amides is 1. The van der Waals surface area contributed by atoms with Gasteiger partial charge in [-0.2, -0.15) is 0 Å². The van der Waals surface area contributed by atoms with Crippen LogP contribution in [0.2, 0.25) is 5.02 Å². The monoisotopic (exact) mass is 572 g/mol. The van der Waals surface area contributed by atoms with E-state index in [0.717, 1.165) is 35.8 Å². The third-order valence-electron chi connectivity index (χ3n) is 4.95. The van der Waals surface area contributed by atoms with Gasteiger partial charge in [0.05, 0.1) is 6.54 Å². The largest absolute Gasteiger partial charge is 0.492 e. The summed E-state index contributed by atoms with van der Waals surface area (Å²) in [6.45, 7) is 2.42. The van der Waals surface area contributed by atoms with Crippen LogP contribution in [0.5, 0.6) is 5.75 Å². The number of rotatable bonds is 8. The number of halogens is 2. The molecule has 0 bridgehead atoms. The number of benzene rings is 2. The molecule has 174 valence electrons. The summed E-state index contributed by atoms with van der Waals surface area (Å²) < 4.78 is 11.2. The lowest BCUT2D eigenvalue weighted by atomic mass is 10.2. The Balaban J connectivity index is 0.00000363. The second-order valence-electron chi connectivity index (χ2n) is 7.32. The fraction of sp³-hybridized carbons (Fsp3) is 0.391. The molecule has 9 heteroatoms. The fourth-order valence-electron chi connectivity index (χ4n) is 3.27. The number of carbonyl (C=O) groups excluding carboxylic acids is 1. The van der Waals surface area contributed by atoms with E-state index in [1.54, 1.807) is 19.2 Å². The highest BCUT2D eigenvalue weighted by molar-refractivity contribution is 14.0. The number of hydrogen-bond donors (Lipinski definition) is 2. The van der Waals surface area contributed by atoms with Gasteiger partial charge in [-0.05, 0) is 54.8 Å². The number of anilines is 1. The van der Waals surface area contributed by atoms with Crippen molar-refractivity contribution < 1.29 is 14.3 Å². The van der Waals surface area contributed by atoms with E-state index in [2.05, 4.69) is 15.6 Å². The molecule has 1 atom stereocenters. The van der Waals surface area contributed by atoms with Crippen LogP contribution in [0, 0.1) is 0 Å². The molecule has 1 aliphatic heterocycles. The lowest BCUT2D eigenvalue weighted by Gasteiger charge is -2.22. The molecule has 0 spiro atoms. The van der Waals surface area contributed by atoms with Gasteiger partial charge in [0.25, 0.3) is 5.91 Å². The Hall–Kier alpha value is -2.04. The third-order valence-corrected chi connectivity index (χ3v) is 5.20. The maximum Gasteiger partial charge on any atom is 0.253 e. The summed E-state index contributed by atoms with van der Waals surface area (Å²) in [5, 5.41) is 6.97. The second kappa shape index (κ2) is 13.5. The van der Waals surface area contributed by atoms with Crippen molar-refractivity contribution >= 4 is 53.1 Å². The van der Waals surface area contributed by atoms with Gasteiger partial charge in [-0.25, -0.2) is 0 Å². The number of guanidine groups is 1. The van der Waals surface area contributed by atoms with Gasteiger partial charge in [-0.1, -0.05) is 23.7 Å². The molecular weight excluding hydrogens is 543 g/mol. The van der Waals surface area contributed by atoms with Crippen LogP contribution < -0.4 is 15.4 Å². The molecule has 2 aromatic rings. The van der Waals surface area contributed by atoms with Gasteiger partial charge in [-0.15, -0.1) is 24.0 Å². The quantitative estimate of drug-likeness (QED) is 0.282. The molecule has 0 aliphatic carbocycles. The van der Waals surface area contributed by atoms with Crippen LogP contribution in [0.15, 0.2) is 53.5 Å². The zero-order valence-electron chi connectivity index (χ0n) is 18.3. The van der Waals surface area contributed by atoms with Gasteiger partial charge in [0, 0.05) is 38.0 Å². The van der Waals surface area contributed by atoms with Crippen molar-refractivity contribution in [3.8, 4) is 5.75 Å². The van der Waals surface area contributed by atoms with Crippen molar-refractivity contribution in [2.45, 2.75) is 25.5 Å². The Bertz CT molecular complexity index is 889. The summed E-state index contributed by atoms with van der Waals surface area (Å²) in [5.41, 5.74) is 1.80. The van der Waals surface area contributed by atoms with Gasteiger partial charge in [0.15, 0.2) is 5.96 Å². The number of likely N-dealkylation sites (N-methyl/N-ethyl adjacent to an activating group) is 1. The SMILES string of the molecule is CN=C(NCc1cccc(NC(=O)C2CCCO2)c1)N(C)CCOc1ccc(Cl)cc1.I. The summed E-state index contributed by atoms with van der Waals surface area (Å²) in [6, 6.07) is 15.1. The van der Waals surface area contributed by atoms with Crippen molar-refractivity contribution in [1.29, 1.82) is 0 Å². The van der Waals surface area contributed by atoms with Crippen LogP contribution >= 0.6 is 35.6 Å². The number of aliphatic imine (C=N–C) groups is 1. The standard InChI is InChI=1S/C23H29ClN4O3.HI/c1-25-23(28(2)12-14-30-20-10-8-18(24)9-11-20)26-16-17-5-3-6-19(15-17)27-22(29)21-7-4-13-31-21;/h3,5-6,8-11,15,21H,4,7,12-14,16H2,1-2H3,(H,25,26)(H,27,29);1H. The molecule has 1 saturated heterocycles. The molecule has 0 radical (unpaired) electrons. The minimum absolute atomic E-state index is 0. The Morgan fingerprint density at radius 3 is 2.75 bits per heavy atom. The first-order valence-electron chi connectivity index (χ1n) is 10.4. The predicted octanol–water partition coefficient (Wildman–Crippen LogP) is 4.16. The molecular formula is C23H30ClIN4O3. The first kappa shape index (κ1) is 26.2. The first-order valence-corrected chi connectivity index (χ1v) is 10.7. The first-order chi connectivity index (χ1) is 15.0. The normalized spacial score (nSPS) is 15.6. The van der Waals surface area contributed by atoms with Crippen molar-refractivity contribution in [2.24, 2.45) is 4.99 Å². The molecule has 1 aliphatic rings. The number of carbonyl (C=O) groups is 1. The van der Waals surface area contributed by atoms with Crippen molar-refractivity contribution in [1.82, 2.24) is 10.2 Å². The molecule has 32 heavy (non-hydrogen) atoms. The highest BCUT2D eigenvalue weighted by atomic mass is 127. The molecule has 1 unspecified atom stereocenters. The van der Waals surface area contributed by atoms with Gasteiger partial charge >= 0.3 is 0 Å². The van der Waals surface area contributed by atoms with Crippen LogP contribution in [-0.2, 0) is 16.1 Å². The lowest BCUT2D eigenvalue weighted by Crippen LogP contribution is -2.40. The Kier molecular flexibility index (Phi) is 11.1. The van der Waals surface area contributed by atoms with E-state index < -0.39 is 0 Å². The maximum atomic E-state index is 12.3. The zero-order chi connectivity index (χ0) is 22.1. The third kappa shape index (κ3) is 8.14. The molecule has 3 rings (SSSR count). The highest BCUT2D eigenvalue weighted by Crippen LogP contribution is 2.17. The highest BCUT2D eigenvalue weighted by Gasteiger charge is 2.23. The average Bonchev–Trinajstić information content (AvgIpc) is 3.31. The molecule has 1 fully saturated rings. The van der Waals surface area contributed by atoms with Crippen LogP contribution in [-0.4, -0.2) is 56.7 Å². The van der Waals surface area contributed by atoms with Gasteiger partial charge < -0.3 is 25.0 Å². The second-order valence-corrected chi connectivity index (χ2v) is 7.75. The zero-order valence-corrected chi connectivity index (χ0v) is 21.4. The van der Waals surface area contributed by atoms with Crippen molar-refractivity contribution in [3.63, 3.8) is 0 Å².